The van der Waals surface area contributed by atoms with E-state index in [0.29, 0.717) is 16.0 Å². The van der Waals surface area contributed by atoms with Crippen molar-refractivity contribution in [2.24, 2.45) is 11.7 Å². The summed E-state index contributed by atoms with van der Waals surface area (Å²) in [5, 5.41) is 1.19. The van der Waals surface area contributed by atoms with Gasteiger partial charge in [-0.3, -0.25) is 0 Å². The monoisotopic (exact) mass is 215 g/mol. The molecule has 2 rings (SSSR count). The van der Waals surface area contributed by atoms with Crippen molar-refractivity contribution in [1.82, 2.24) is 0 Å². The third-order valence-corrected chi connectivity index (χ3v) is 3.64. The van der Waals surface area contributed by atoms with Crippen LogP contribution >= 0.6 is 23.2 Å². The molecule has 0 spiro atoms. The molecule has 1 saturated carbocycles. The molecular formula is C10H11Cl2N. The molecular weight excluding hydrogens is 205 g/mol. The van der Waals surface area contributed by atoms with Crippen LogP contribution in [0.15, 0.2) is 18.2 Å². The van der Waals surface area contributed by atoms with Crippen LogP contribution in [0.4, 0.5) is 0 Å². The highest BCUT2D eigenvalue weighted by Crippen LogP contribution is 2.51. The lowest BCUT2D eigenvalue weighted by molar-refractivity contribution is 0.665. The molecule has 1 aliphatic rings. The van der Waals surface area contributed by atoms with Gasteiger partial charge in [0, 0.05) is 5.54 Å². The maximum absolute atomic E-state index is 6.14. The Morgan fingerprint density at radius 2 is 2.08 bits per heavy atom. The molecule has 1 nitrogen and oxygen atoms in total. The van der Waals surface area contributed by atoms with Gasteiger partial charge in [0.05, 0.1) is 10.0 Å². The number of halogens is 2. The first-order valence-corrected chi connectivity index (χ1v) is 5.04. The van der Waals surface area contributed by atoms with Crippen molar-refractivity contribution in [3.8, 4) is 0 Å². The van der Waals surface area contributed by atoms with Gasteiger partial charge in [-0.1, -0.05) is 42.3 Å². The van der Waals surface area contributed by atoms with E-state index in [1.807, 2.05) is 12.1 Å². The molecule has 0 amide bonds. The van der Waals surface area contributed by atoms with Crippen molar-refractivity contribution in [2.45, 2.75) is 18.9 Å². The Balaban J connectivity index is 2.47. The zero-order valence-electron chi connectivity index (χ0n) is 7.35. The van der Waals surface area contributed by atoms with Gasteiger partial charge in [-0.15, -0.1) is 0 Å². The summed E-state index contributed by atoms with van der Waals surface area (Å²) in [5.74, 6) is 0.503. The fraction of sp³-hybridized carbons (Fsp3) is 0.400. The summed E-state index contributed by atoms with van der Waals surface area (Å²) in [5.41, 5.74) is 6.88. The summed E-state index contributed by atoms with van der Waals surface area (Å²) < 4.78 is 0. The zero-order valence-corrected chi connectivity index (χ0v) is 8.86. The summed E-state index contributed by atoms with van der Waals surface area (Å²) >= 11 is 12.0. The SMILES string of the molecule is CC1CC1(N)c1cccc(Cl)c1Cl. The average Bonchev–Trinajstić information content (AvgIpc) is 2.67. The molecule has 2 unspecified atom stereocenters. The minimum Gasteiger partial charge on any atom is -0.321 e. The predicted octanol–water partition coefficient (Wildman–Crippen LogP) is 3.19. The number of hydrogen-bond acceptors (Lipinski definition) is 1. The first-order chi connectivity index (χ1) is 6.05. The van der Waals surface area contributed by atoms with E-state index in [1.54, 1.807) is 6.07 Å². The van der Waals surface area contributed by atoms with Crippen LogP contribution in [0.25, 0.3) is 0 Å². The summed E-state index contributed by atoms with van der Waals surface area (Å²) in [4.78, 5) is 0. The molecule has 3 heteroatoms. The standard InChI is InChI=1S/C10H11Cl2N/c1-6-5-10(6,13)7-3-2-4-8(11)9(7)12/h2-4,6H,5,13H2,1H3. The van der Waals surface area contributed by atoms with Gasteiger partial charge in [0.1, 0.15) is 0 Å². The fourth-order valence-corrected chi connectivity index (χ4v) is 2.16. The van der Waals surface area contributed by atoms with Crippen LogP contribution in [0, 0.1) is 5.92 Å². The minimum absolute atomic E-state index is 0.234. The van der Waals surface area contributed by atoms with E-state index >= 15 is 0 Å². The third kappa shape index (κ3) is 1.35. The lowest BCUT2D eigenvalue weighted by Gasteiger charge is -2.13. The molecule has 0 saturated heterocycles. The van der Waals surface area contributed by atoms with E-state index in [4.69, 9.17) is 28.9 Å². The molecule has 2 N–H and O–H groups in total. The van der Waals surface area contributed by atoms with Gasteiger partial charge in [0.15, 0.2) is 0 Å². The van der Waals surface area contributed by atoms with Crippen LogP contribution in [-0.4, -0.2) is 0 Å². The molecule has 70 valence electrons. The summed E-state index contributed by atoms with van der Waals surface area (Å²) in [7, 11) is 0. The lowest BCUT2D eigenvalue weighted by Crippen LogP contribution is -2.21. The molecule has 13 heavy (non-hydrogen) atoms. The summed E-state index contributed by atoms with van der Waals surface area (Å²) in [6.45, 7) is 2.12. The van der Waals surface area contributed by atoms with Crippen molar-refractivity contribution in [2.75, 3.05) is 0 Å². The summed E-state index contributed by atoms with van der Waals surface area (Å²) in [6.07, 6.45) is 0.993. The minimum atomic E-state index is -0.234. The molecule has 1 fully saturated rings. The summed E-state index contributed by atoms with van der Waals surface area (Å²) in [6, 6.07) is 5.63. The van der Waals surface area contributed by atoms with Gasteiger partial charge in [0.25, 0.3) is 0 Å². The number of nitrogens with two attached hydrogens (primary N) is 1. The maximum Gasteiger partial charge on any atom is 0.0642 e. The van der Waals surface area contributed by atoms with Crippen molar-refractivity contribution >= 4 is 23.2 Å². The highest BCUT2D eigenvalue weighted by molar-refractivity contribution is 6.42. The van der Waals surface area contributed by atoms with Gasteiger partial charge in [-0.05, 0) is 24.0 Å². The molecule has 0 aromatic heterocycles. The molecule has 1 aromatic rings. The van der Waals surface area contributed by atoms with Gasteiger partial charge in [-0.25, -0.2) is 0 Å². The van der Waals surface area contributed by atoms with Gasteiger partial charge < -0.3 is 5.73 Å². The Bertz CT molecular complexity index is 351. The molecule has 1 aromatic carbocycles. The smallest absolute Gasteiger partial charge is 0.0642 e. The molecule has 0 radical (unpaired) electrons. The predicted molar refractivity (Wildman–Crippen MR) is 56.1 cm³/mol. The second-order valence-electron chi connectivity index (χ2n) is 3.75. The van der Waals surface area contributed by atoms with Crippen LogP contribution in [0.1, 0.15) is 18.9 Å². The van der Waals surface area contributed by atoms with Crippen molar-refractivity contribution in [1.29, 1.82) is 0 Å². The number of benzene rings is 1. The third-order valence-electron chi connectivity index (χ3n) is 2.82. The maximum atomic E-state index is 6.14. The van der Waals surface area contributed by atoms with Gasteiger partial charge in [0.2, 0.25) is 0 Å². The normalized spacial score (nSPS) is 31.8. The van der Waals surface area contributed by atoms with E-state index in [0.717, 1.165) is 12.0 Å². The molecule has 1 aliphatic carbocycles. The van der Waals surface area contributed by atoms with Crippen LogP contribution < -0.4 is 5.73 Å². The molecule has 0 bridgehead atoms. The quantitative estimate of drug-likeness (QED) is 0.766. The molecule has 2 atom stereocenters. The Labute approximate surface area is 87.8 Å². The van der Waals surface area contributed by atoms with E-state index in [2.05, 4.69) is 6.92 Å². The second-order valence-corrected chi connectivity index (χ2v) is 4.53. The van der Waals surface area contributed by atoms with E-state index in [-0.39, 0.29) is 5.54 Å². The van der Waals surface area contributed by atoms with Crippen LogP contribution in [-0.2, 0) is 5.54 Å². The van der Waals surface area contributed by atoms with E-state index in [1.165, 1.54) is 0 Å². The largest absolute Gasteiger partial charge is 0.321 e. The Hall–Kier alpha value is -0.240. The second kappa shape index (κ2) is 2.88. The first kappa shape index (κ1) is 9.32. The van der Waals surface area contributed by atoms with Gasteiger partial charge in [-0.2, -0.15) is 0 Å². The lowest BCUT2D eigenvalue weighted by atomic mass is 10.0. The fourth-order valence-electron chi connectivity index (χ4n) is 1.69. The van der Waals surface area contributed by atoms with Crippen LogP contribution in [0.5, 0.6) is 0 Å². The van der Waals surface area contributed by atoms with Gasteiger partial charge >= 0.3 is 0 Å². The highest BCUT2D eigenvalue weighted by Gasteiger charge is 2.50. The Morgan fingerprint density at radius 3 is 2.62 bits per heavy atom. The van der Waals surface area contributed by atoms with Crippen molar-refractivity contribution in [3.05, 3.63) is 33.8 Å². The van der Waals surface area contributed by atoms with Crippen LogP contribution in [0.2, 0.25) is 10.0 Å². The van der Waals surface area contributed by atoms with Crippen LogP contribution in [0.3, 0.4) is 0 Å². The highest BCUT2D eigenvalue weighted by atomic mass is 35.5. The molecule has 0 aliphatic heterocycles. The van der Waals surface area contributed by atoms with Crippen molar-refractivity contribution < 1.29 is 0 Å². The molecule has 0 heterocycles. The average molecular weight is 216 g/mol. The van der Waals surface area contributed by atoms with E-state index in [9.17, 15) is 0 Å². The number of hydrogen-bond donors (Lipinski definition) is 1. The number of rotatable bonds is 1. The Kier molecular flexibility index (Phi) is 2.06. The topological polar surface area (TPSA) is 26.0 Å². The first-order valence-electron chi connectivity index (χ1n) is 4.29. The van der Waals surface area contributed by atoms with Crippen molar-refractivity contribution in [3.63, 3.8) is 0 Å². The Morgan fingerprint density at radius 1 is 1.46 bits per heavy atom. The van der Waals surface area contributed by atoms with E-state index < -0.39 is 0 Å². The zero-order chi connectivity index (χ0) is 9.64.